The summed E-state index contributed by atoms with van der Waals surface area (Å²) >= 11 is 0. The fraction of sp³-hybridized carbons (Fsp3) is 0.259. The van der Waals surface area contributed by atoms with Gasteiger partial charge >= 0.3 is 0 Å². The molecule has 0 aromatic heterocycles. The summed E-state index contributed by atoms with van der Waals surface area (Å²) < 4.78 is 5.43. The fourth-order valence-corrected chi connectivity index (χ4v) is 5.12. The molecule has 0 spiro atoms. The first-order chi connectivity index (χ1) is 15.9. The number of hydrogen-bond acceptors (Lipinski definition) is 5. The van der Waals surface area contributed by atoms with Gasteiger partial charge in [-0.05, 0) is 61.7 Å². The second kappa shape index (κ2) is 8.05. The molecule has 168 valence electrons. The third-order valence-electron chi connectivity index (χ3n) is 6.42. The van der Waals surface area contributed by atoms with Crippen LogP contribution in [0, 0.1) is 26.7 Å². The molecule has 3 atom stereocenters. The zero-order chi connectivity index (χ0) is 23.3. The van der Waals surface area contributed by atoms with Gasteiger partial charge in [0.05, 0.1) is 24.5 Å². The number of amides is 2. The van der Waals surface area contributed by atoms with Crippen molar-refractivity contribution in [1.82, 2.24) is 0 Å². The van der Waals surface area contributed by atoms with E-state index in [0.29, 0.717) is 11.4 Å². The van der Waals surface area contributed by atoms with Crippen LogP contribution < -0.4 is 14.7 Å². The van der Waals surface area contributed by atoms with Crippen molar-refractivity contribution in [3.05, 3.63) is 89.0 Å². The molecule has 3 aromatic carbocycles. The lowest BCUT2D eigenvalue weighted by Crippen LogP contribution is -2.38. The molecule has 0 saturated carbocycles. The quantitative estimate of drug-likeness (QED) is 0.550. The molecule has 3 aromatic rings. The van der Waals surface area contributed by atoms with E-state index < -0.39 is 18.1 Å². The van der Waals surface area contributed by atoms with Gasteiger partial charge in [-0.1, -0.05) is 48.0 Å². The second-order valence-corrected chi connectivity index (χ2v) is 8.69. The first kappa shape index (κ1) is 21.2. The molecule has 0 radical (unpaired) electrons. The molecule has 0 bridgehead atoms. The molecule has 2 amide bonds. The molecule has 0 N–H and O–H groups in total. The zero-order valence-electron chi connectivity index (χ0n) is 19.1. The smallest absolute Gasteiger partial charge is 0.266 e. The van der Waals surface area contributed by atoms with Crippen LogP contribution in [0.5, 0.6) is 5.75 Å². The third-order valence-corrected chi connectivity index (χ3v) is 6.42. The summed E-state index contributed by atoms with van der Waals surface area (Å²) in [5.74, 6) is -0.564. The molecule has 6 nitrogen and oxygen atoms in total. The molecule has 0 unspecified atom stereocenters. The van der Waals surface area contributed by atoms with Crippen LogP contribution in [0.3, 0.4) is 0 Å². The summed E-state index contributed by atoms with van der Waals surface area (Å²) in [4.78, 5) is 35.0. The largest absolute Gasteiger partial charge is 0.497 e. The summed E-state index contributed by atoms with van der Waals surface area (Å²) in [5.41, 5.74) is 5.18. The molecular formula is C27H26N2O4. The minimum absolute atomic E-state index is 0.244. The molecule has 2 aliphatic rings. The number of carbonyl (C=O) groups excluding carboxylic acids is 2. The van der Waals surface area contributed by atoms with Crippen LogP contribution in [0.4, 0.5) is 11.4 Å². The summed E-state index contributed by atoms with van der Waals surface area (Å²) in [7, 11) is 1.61. The van der Waals surface area contributed by atoms with Gasteiger partial charge in [-0.3, -0.25) is 14.4 Å². The van der Waals surface area contributed by atoms with Crippen molar-refractivity contribution in [2.75, 3.05) is 17.1 Å². The van der Waals surface area contributed by atoms with Crippen molar-refractivity contribution in [1.29, 1.82) is 0 Å². The molecular weight excluding hydrogens is 416 g/mol. The Hall–Kier alpha value is -3.64. The van der Waals surface area contributed by atoms with E-state index in [2.05, 4.69) is 0 Å². The van der Waals surface area contributed by atoms with Crippen LogP contribution in [-0.4, -0.2) is 25.0 Å². The minimum atomic E-state index is -0.894. The van der Waals surface area contributed by atoms with Crippen molar-refractivity contribution in [3.63, 3.8) is 0 Å². The van der Waals surface area contributed by atoms with Gasteiger partial charge in [-0.2, -0.15) is 0 Å². The molecule has 2 fully saturated rings. The van der Waals surface area contributed by atoms with Gasteiger partial charge in [0.15, 0.2) is 6.10 Å². The van der Waals surface area contributed by atoms with Crippen LogP contribution in [0.2, 0.25) is 0 Å². The van der Waals surface area contributed by atoms with Gasteiger partial charge in [0.1, 0.15) is 11.7 Å². The monoisotopic (exact) mass is 442 g/mol. The van der Waals surface area contributed by atoms with Gasteiger partial charge in [0.2, 0.25) is 5.91 Å². The van der Waals surface area contributed by atoms with Gasteiger partial charge in [-0.15, -0.1) is 0 Å². The van der Waals surface area contributed by atoms with E-state index in [1.807, 2.05) is 87.5 Å². The Labute approximate surface area is 193 Å². The highest BCUT2D eigenvalue weighted by atomic mass is 16.7. The minimum Gasteiger partial charge on any atom is -0.497 e. The van der Waals surface area contributed by atoms with E-state index in [0.717, 1.165) is 27.9 Å². The number of fused-ring (bicyclic) bond motifs is 1. The van der Waals surface area contributed by atoms with E-state index in [4.69, 9.17) is 9.57 Å². The van der Waals surface area contributed by atoms with Gasteiger partial charge in [0.25, 0.3) is 5.91 Å². The number of nitrogens with zero attached hydrogens (tertiary/aromatic N) is 2. The number of hydroxylamine groups is 1. The van der Waals surface area contributed by atoms with E-state index in [-0.39, 0.29) is 11.8 Å². The van der Waals surface area contributed by atoms with E-state index in [9.17, 15) is 9.59 Å². The van der Waals surface area contributed by atoms with Crippen molar-refractivity contribution in [3.8, 4) is 5.75 Å². The number of para-hydroxylation sites is 1. The SMILES string of the molecule is COc1cccc([C@@H]2[C@@H]3C(=O)N(c4c(C)cc(C)cc4C)C(=O)[C@H]3ON2c2ccccc2)c1. The van der Waals surface area contributed by atoms with Crippen molar-refractivity contribution < 1.29 is 19.2 Å². The maximum atomic E-state index is 13.9. The number of benzene rings is 3. The topological polar surface area (TPSA) is 59.1 Å². The van der Waals surface area contributed by atoms with Gasteiger partial charge in [0, 0.05) is 0 Å². The van der Waals surface area contributed by atoms with Crippen LogP contribution in [0.15, 0.2) is 66.7 Å². The Balaban J connectivity index is 1.62. The average molecular weight is 443 g/mol. The van der Waals surface area contributed by atoms with Crippen LogP contribution in [0.1, 0.15) is 28.3 Å². The molecule has 2 heterocycles. The van der Waals surface area contributed by atoms with Crippen LogP contribution >= 0.6 is 0 Å². The lowest BCUT2D eigenvalue weighted by Gasteiger charge is -2.29. The zero-order valence-corrected chi connectivity index (χ0v) is 19.1. The highest BCUT2D eigenvalue weighted by Crippen LogP contribution is 2.48. The van der Waals surface area contributed by atoms with E-state index in [1.165, 1.54) is 4.90 Å². The first-order valence-corrected chi connectivity index (χ1v) is 11.0. The number of rotatable bonds is 4. The molecule has 6 heteroatoms. The molecule has 5 rings (SSSR count). The fourth-order valence-electron chi connectivity index (χ4n) is 5.12. The Morgan fingerprint density at radius 1 is 0.848 bits per heavy atom. The second-order valence-electron chi connectivity index (χ2n) is 8.69. The normalized spacial score (nSPS) is 22.1. The highest BCUT2D eigenvalue weighted by molar-refractivity contribution is 6.24. The maximum absolute atomic E-state index is 13.9. The van der Waals surface area contributed by atoms with Crippen molar-refractivity contribution in [2.45, 2.75) is 32.9 Å². The Morgan fingerprint density at radius 3 is 2.21 bits per heavy atom. The number of carbonyl (C=O) groups is 2. The van der Waals surface area contributed by atoms with Crippen molar-refractivity contribution >= 4 is 23.2 Å². The van der Waals surface area contributed by atoms with Crippen LogP contribution in [-0.2, 0) is 14.4 Å². The Bertz CT molecular complexity index is 1220. The summed E-state index contributed by atoms with van der Waals surface area (Å²) in [6.45, 7) is 5.87. The predicted octanol–water partition coefficient (Wildman–Crippen LogP) is 4.67. The number of hydrogen-bond donors (Lipinski definition) is 0. The van der Waals surface area contributed by atoms with Gasteiger partial charge in [-0.25, -0.2) is 9.96 Å². The lowest BCUT2D eigenvalue weighted by atomic mass is 9.90. The number of methoxy groups -OCH3 is 1. The van der Waals surface area contributed by atoms with E-state index in [1.54, 1.807) is 12.2 Å². The highest BCUT2D eigenvalue weighted by Gasteiger charge is 2.60. The molecule has 2 aliphatic heterocycles. The number of imide groups is 1. The summed E-state index contributed by atoms with van der Waals surface area (Å²) in [5, 5.41) is 1.70. The Morgan fingerprint density at radius 2 is 1.55 bits per heavy atom. The van der Waals surface area contributed by atoms with Crippen LogP contribution in [0.25, 0.3) is 0 Å². The molecule has 33 heavy (non-hydrogen) atoms. The standard InChI is InChI=1S/C27H26N2O4/c1-16-13-17(2)23(18(3)14-16)28-26(30)22-24(19-9-8-12-21(15-19)32-4)29(33-25(22)27(28)31)20-10-6-5-7-11-20/h5-15,22,24-25H,1-4H3/t22-,24+,25-/m0/s1. The number of aryl methyl sites for hydroxylation is 3. The number of anilines is 2. The first-order valence-electron chi connectivity index (χ1n) is 11.0. The summed E-state index contributed by atoms with van der Waals surface area (Å²) in [6.07, 6.45) is -0.894. The molecule has 2 saturated heterocycles. The average Bonchev–Trinajstić information content (AvgIpc) is 3.31. The number of ether oxygens (including phenoxy) is 1. The lowest BCUT2D eigenvalue weighted by molar-refractivity contribution is -0.126. The van der Waals surface area contributed by atoms with Crippen molar-refractivity contribution in [2.24, 2.45) is 5.92 Å². The van der Waals surface area contributed by atoms with Gasteiger partial charge < -0.3 is 4.74 Å². The van der Waals surface area contributed by atoms with E-state index >= 15 is 0 Å². The molecule has 0 aliphatic carbocycles. The predicted molar refractivity (Wildman–Crippen MR) is 126 cm³/mol. The Kier molecular flexibility index (Phi) is 5.17. The summed E-state index contributed by atoms with van der Waals surface area (Å²) in [6, 6.07) is 20.7. The third kappa shape index (κ3) is 3.38. The maximum Gasteiger partial charge on any atom is 0.266 e.